The molecule has 1 heterocycles. The van der Waals surface area contributed by atoms with E-state index in [2.05, 4.69) is 10.4 Å². The Morgan fingerprint density at radius 3 is 2.57 bits per heavy atom. The minimum atomic E-state index is -1.13. The van der Waals surface area contributed by atoms with Crippen molar-refractivity contribution in [1.29, 1.82) is 0 Å². The molecule has 0 saturated carbocycles. The fraction of sp³-hybridized carbons (Fsp3) is 0.214. The number of ether oxygens (including phenoxy) is 1. The summed E-state index contributed by atoms with van der Waals surface area (Å²) in [4.78, 5) is 23.0. The molecular formula is C14H15N3O4. The lowest BCUT2D eigenvalue weighted by Crippen LogP contribution is -2.13. The van der Waals surface area contributed by atoms with Crippen LogP contribution in [-0.4, -0.2) is 33.9 Å². The predicted molar refractivity (Wildman–Crippen MR) is 75.9 cm³/mol. The Morgan fingerprint density at radius 1 is 1.33 bits per heavy atom. The number of amides is 1. The normalized spacial score (nSPS) is 10.2. The zero-order chi connectivity index (χ0) is 15.6. The molecule has 7 heteroatoms. The van der Waals surface area contributed by atoms with Crippen molar-refractivity contribution in [2.45, 2.75) is 6.92 Å². The molecule has 0 fully saturated rings. The molecule has 0 bridgehead atoms. The number of carboxylic acids is 1. The Labute approximate surface area is 121 Å². The van der Waals surface area contributed by atoms with Crippen molar-refractivity contribution in [2.75, 3.05) is 12.4 Å². The van der Waals surface area contributed by atoms with Crippen LogP contribution in [0.3, 0.4) is 0 Å². The highest BCUT2D eigenvalue weighted by Crippen LogP contribution is 2.21. The second-order valence-corrected chi connectivity index (χ2v) is 4.48. The number of nitrogens with one attached hydrogen (secondary N) is 1. The summed E-state index contributed by atoms with van der Waals surface area (Å²) in [7, 11) is 3.03. The number of rotatable bonds is 4. The number of hydrogen-bond donors (Lipinski definition) is 2. The van der Waals surface area contributed by atoms with Crippen LogP contribution in [0.25, 0.3) is 0 Å². The summed E-state index contributed by atoms with van der Waals surface area (Å²) in [6.45, 7) is 1.83. The summed E-state index contributed by atoms with van der Waals surface area (Å²) in [6.07, 6.45) is 0. The second kappa shape index (κ2) is 5.66. The van der Waals surface area contributed by atoms with Gasteiger partial charge < -0.3 is 15.2 Å². The molecule has 2 aromatic rings. The third-order valence-electron chi connectivity index (χ3n) is 3.01. The number of aryl methyl sites for hydroxylation is 2. The fourth-order valence-electron chi connectivity index (χ4n) is 1.87. The van der Waals surface area contributed by atoms with E-state index in [0.29, 0.717) is 11.4 Å². The highest BCUT2D eigenvalue weighted by Gasteiger charge is 2.17. The number of aromatic carboxylic acids is 1. The van der Waals surface area contributed by atoms with Gasteiger partial charge in [0, 0.05) is 18.8 Å². The van der Waals surface area contributed by atoms with Crippen molar-refractivity contribution >= 4 is 17.6 Å². The number of carbonyl (C=O) groups excluding carboxylic acids is 1. The molecule has 0 aliphatic carbocycles. The Kier molecular flexibility index (Phi) is 3.93. The standard InChI is InChI=1S/C14H15N3O4/c1-8-6-9(21-3)4-5-10(8)15-13(18)11-7-12(14(19)20)17(2)16-11/h4-7H,1-3H3,(H,15,18)(H,19,20). The van der Waals surface area contributed by atoms with E-state index in [9.17, 15) is 9.59 Å². The molecule has 0 saturated heterocycles. The Balaban J connectivity index is 2.22. The largest absolute Gasteiger partial charge is 0.497 e. The summed E-state index contributed by atoms with van der Waals surface area (Å²) in [5, 5.41) is 15.5. The maximum Gasteiger partial charge on any atom is 0.354 e. The topological polar surface area (TPSA) is 93.5 Å². The zero-order valence-electron chi connectivity index (χ0n) is 11.9. The van der Waals surface area contributed by atoms with Gasteiger partial charge >= 0.3 is 5.97 Å². The maximum absolute atomic E-state index is 12.1. The molecule has 0 atom stereocenters. The molecule has 2 rings (SSSR count). The molecule has 1 amide bonds. The van der Waals surface area contributed by atoms with Gasteiger partial charge in [-0.05, 0) is 30.7 Å². The lowest BCUT2D eigenvalue weighted by atomic mass is 10.2. The average molecular weight is 289 g/mol. The SMILES string of the molecule is COc1ccc(NC(=O)c2cc(C(=O)O)n(C)n2)c(C)c1. The molecule has 2 N–H and O–H groups in total. The fourth-order valence-corrected chi connectivity index (χ4v) is 1.87. The van der Waals surface area contributed by atoms with Crippen molar-refractivity contribution in [2.24, 2.45) is 7.05 Å². The third kappa shape index (κ3) is 3.02. The van der Waals surface area contributed by atoms with Gasteiger partial charge in [-0.3, -0.25) is 9.48 Å². The van der Waals surface area contributed by atoms with E-state index in [0.717, 1.165) is 10.2 Å². The Hall–Kier alpha value is -2.83. The van der Waals surface area contributed by atoms with Crippen LogP contribution in [0.1, 0.15) is 26.5 Å². The van der Waals surface area contributed by atoms with Gasteiger partial charge in [0.2, 0.25) is 0 Å². The van der Waals surface area contributed by atoms with Gasteiger partial charge in [0.25, 0.3) is 5.91 Å². The minimum Gasteiger partial charge on any atom is -0.497 e. The van der Waals surface area contributed by atoms with Gasteiger partial charge in [0.05, 0.1) is 7.11 Å². The van der Waals surface area contributed by atoms with Crippen LogP contribution < -0.4 is 10.1 Å². The van der Waals surface area contributed by atoms with E-state index in [1.165, 1.54) is 13.1 Å². The van der Waals surface area contributed by atoms with Crippen molar-refractivity contribution in [3.05, 3.63) is 41.2 Å². The number of hydrogen-bond acceptors (Lipinski definition) is 4. The molecular weight excluding hydrogens is 274 g/mol. The van der Waals surface area contributed by atoms with E-state index >= 15 is 0 Å². The van der Waals surface area contributed by atoms with Gasteiger partial charge in [0.1, 0.15) is 11.4 Å². The first-order valence-electron chi connectivity index (χ1n) is 6.15. The summed E-state index contributed by atoms with van der Waals surface area (Å²) < 4.78 is 6.24. The Bertz CT molecular complexity index is 706. The number of benzene rings is 1. The van der Waals surface area contributed by atoms with E-state index in [-0.39, 0.29) is 11.4 Å². The number of nitrogens with zero attached hydrogens (tertiary/aromatic N) is 2. The van der Waals surface area contributed by atoms with E-state index < -0.39 is 11.9 Å². The van der Waals surface area contributed by atoms with Crippen LogP contribution >= 0.6 is 0 Å². The highest BCUT2D eigenvalue weighted by molar-refractivity contribution is 6.04. The summed E-state index contributed by atoms with van der Waals surface area (Å²) in [5.41, 5.74) is 1.44. The van der Waals surface area contributed by atoms with Crippen LogP contribution in [0.2, 0.25) is 0 Å². The molecule has 0 radical (unpaired) electrons. The number of anilines is 1. The number of methoxy groups -OCH3 is 1. The van der Waals surface area contributed by atoms with E-state index in [1.807, 2.05) is 6.92 Å². The maximum atomic E-state index is 12.1. The first-order valence-corrected chi connectivity index (χ1v) is 6.15. The van der Waals surface area contributed by atoms with Gasteiger partial charge in [0.15, 0.2) is 5.69 Å². The molecule has 0 spiro atoms. The Morgan fingerprint density at radius 2 is 2.05 bits per heavy atom. The van der Waals surface area contributed by atoms with Crippen LogP contribution in [0.15, 0.2) is 24.3 Å². The van der Waals surface area contributed by atoms with Crippen LogP contribution in [0.4, 0.5) is 5.69 Å². The monoisotopic (exact) mass is 289 g/mol. The molecule has 21 heavy (non-hydrogen) atoms. The van der Waals surface area contributed by atoms with Crippen LogP contribution in [-0.2, 0) is 7.05 Å². The first kappa shape index (κ1) is 14.6. The third-order valence-corrected chi connectivity index (χ3v) is 3.01. The molecule has 1 aromatic carbocycles. The molecule has 0 unspecified atom stereocenters. The van der Waals surface area contributed by atoms with Gasteiger partial charge in [-0.25, -0.2) is 4.79 Å². The zero-order valence-corrected chi connectivity index (χ0v) is 11.9. The average Bonchev–Trinajstić information content (AvgIpc) is 2.83. The summed E-state index contributed by atoms with van der Waals surface area (Å²) >= 11 is 0. The lowest BCUT2D eigenvalue weighted by molar-refractivity contribution is 0.0685. The van der Waals surface area contributed by atoms with Crippen LogP contribution in [0.5, 0.6) is 5.75 Å². The summed E-state index contributed by atoms with van der Waals surface area (Å²) in [6, 6.07) is 6.46. The predicted octanol–water partition coefficient (Wildman–Crippen LogP) is 1.69. The van der Waals surface area contributed by atoms with E-state index in [1.54, 1.807) is 25.3 Å². The van der Waals surface area contributed by atoms with Gasteiger partial charge in [-0.2, -0.15) is 5.10 Å². The molecule has 110 valence electrons. The highest BCUT2D eigenvalue weighted by atomic mass is 16.5. The number of aromatic nitrogens is 2. The number of carboxylic acid groups (broad SMARTS) is 1. The van der Waals surface area contributed by atoms with Crippen LogP contribution in [0, 0.1) is 6.92 Å². The number of carbonyl (C=O) groups is 2. The quantitative estimate of drug-likeness (QED) is 0.893. The second-order valence-electron chi connectivity index (χ2n) is 4.48. The van der Waals surface area contributed by atoms with Gasteiger partial charge in [-0.1, -0.05) is 0 Å². The molecule has 7 nitrogen and oxygen atoms in total. The smallest absolute Gasteiger partial charge is 0.354 e. The van der Waals surface area contributed by atoms with Gasteiger partial charge in [-0.15, -0.1) is 0 Å². The van der Waals surface area contributed by atoms with E-state index in [4.69, 9.17) is 9.84 Å². The van der Waals surface area contributed by atoms with Crippen molar-refractivity contribution < 1.29 is 19.4 Å². The first-order chi connectivity index (χ1) is 9.92. The molecule has 0 aliphatic heterocycles. The van der Waals surface area contributed by atoms with Crippen molar-refractivity contribution in [1.82, 2.24) is 9.78 Å². The van der Waals surface area contributed by atoms with Crippen molar-refractivity contribution in [3.8, 4) is 5.75 Å². The minimum absolute atomic E-state index is 0.0464. The van der Waals surface area contributed by atoms with Crippen molar-refractivity contribution in [3.63, 3.8) is 0 Å². The summed E-state index contributed by atoms with van der Waals surface area (Å²) in [5.74, 6) is -0.910. The molecule has 1 aromatic heterocycles. The lowest BCUT2D eigenvalue weighted by Gasteiger charge is -2.08. The molecule has 0 aliphatic rings.